The van der Waals surface area contributed by atoms with Crippen molar-refractivity contribution >= 4 is 65.1 Å². The highest BCUT2D eigenvalue weighted by Gasteiger charge is 2.54. The number of thioether (sulfide) groups is 2. The van der Waals surface area contributed by atoms with Crippen molar-refractivity contribution in [2.45, 2.75) is 50.3 Å². The molecule has 6 amide bonds. The zero-order valence-electron chi connectivity index (χ0n) is 27.7. The number of piperazine rings is 1. The second-order valence-electron chi connectivity index (χ2n) is 12.5. The summed E-state index contributed by atoms with van der Waals surface area (Å²) >= 11 is 2.47. The van der Waals surface area contributed by atoms with Gasteiger partial charge in [-0.15, -0.1) is 16.9 Å². The largest absolute Gasteiger partial charge is 0.477 e. The molecule has 18 nitrogen and oxygen atoms in total. The maximum absolute atomic E-state index is 13.8. The number of ether oxygens (including phenoxy) is 1. The van der Waals surface area contributed by atoms with Crippen molar-refractivity contribution in [2.24, 2.45) is 12.5 Å². The van der Waals surface area contributed by atoms with Crippen molar-refractivity contribution in [2.75, 3.05) is 31.1 Å². The van der Waals surface area contributed by atoms with Gasteiger partial charge in [0, 0.05) is 38.2 Å². The molecule has 2 saturated heterocycles. The van der Waals surface area contributed by atoms with Crippen molar-refractivity contribution < 1.29 is 43.4 Å². The molecule has 1 unspecified atom stereocenters. The van der Waals surface area contributed by atoms with Crippen LogP contribution in [0.2, 0.25) is 0 Å². The van der Waals surface area contributed by atoms with E-state index in [2.05, 4.69) is 26.2 Å². The van der Waals surface area contributed by atoms with Crippen molar-refractivity contribution in [1.82, 2.24) is 45.5 Å². The molecule has 0 spiro atoms. The Morgan fingerprint density at radius 1 is 1.10 bits per heavy atom. The number of β-lactam (4-membered cyclic amide) rings is 1. The van der Waals surface area contributed by atoms with Gasteiger partial charge in [0.2, 0.25) is 11.1 Å². The van der Waals surface area contributed by atoms with Crippen LogP contribution in [0.5, 0.6) is 5.75 Å². The highest BCUT2D eigenvalue weighted by Crippen LogP contribution is 2.41. The number of nitrogens with one attached hydrogen (secondary N) is 2. The predicted octanol–water partition coefficient (Wildman–Crippen LogP) is 0.134. The van der Waals surface area contributed by atoms with E-state index in [4.69, 9.17) is 4.74 Å². The maximum atomic E-state index is 13.8. The highest BCUT2D eigenvalue weighted by atomic mass is 32.2. The first-order chi connectivity index (χ1) is 23.6. The summed E-state index contributed by atoms with van der Waals surface area (Å²) in [5.74, 6) is -4.59. The van der Waals surface area contributed by atoms with E-state index in [1.807, 2.05) is 0 Å². The number of benzene rings is 1. The van der Waals surface area contributed by atoms with Gasteiger partial charge in [0.1, 0.15) is 28.9 Å². The number of amides is 6. The minimum absolute atomic E-state index is 0.104. The third kappa shape index (κ3) is 7.30. The summed E-state index contributed by atoms with van der Waals surface area (Å²) in [5.41, 5.74) is -0.290. The molecule has 2 aromatic rings. The fourth-order valence-electron chi connectivity index (χ4n) is 5.19. The quantitative estimate of drug-likeness (QED) is 0.0972. The van der Waals surface area contributed by atoms with Crippen LogP contribution in [-0.2, 0) is 35.8 Å². The first-order valence-corrected chi connectivity index (χ1v) is 17.4. The number of aryl methyl sites for hydroxylation is 1. The van der Waals surface area contributed by atoms with Crippen molar-refractivity contribution in [1.29, 1.82) is 0 Å². The Kier molecular flexibility index (Phi) is 10.5. The summed E-state index contributed by atoms with van der Waals surface area (Å²) in [6.07, 6.45) is 0. The Labute approximate surface area is 294 Å². The van der Waals surface area contributed by atoms with E-state index in [1.165, 1.54) is 57.4 Å². The molecule has 5 rings (SSSR count). The molecule has 1 aromatic carbocycles. The number of carboxylic acids is 1. The second-order valence-corrected chi connectivity index (χ2v) is 14.5. The second kappa shape index (κ2) is 14.5. The van der Waals surface area contributed by atoms with Gasteiger partial charge in [-0.1, -0.05) is 23.9 Å². The third-order valence-corrected chi connectivity index (χ3v) is 10.4. The molecule has 1 aromatic heterocycles. The van der Waals surface area contributed by atoms with E-state index in [-0.39, 0.29) is 48.1 Å². The lowest BCUT2D eigenvalue weighted by Crippen LogP contribution is -2.71. The molecule has 50 heavy (non-hydrogen) atoms. The van der Waals surface area contributed by atoms with E-state index >= 15 is 0 Å². The zero-order valence-corrected chi connectivity index (χ0v) is 29.4. The van der Waals surface area contributed by atoms with Gasteiger partial charge in [-0.2, -0.15) is 0 Å². The zero-order chi connectivity index (χ0) is 36.5. The van der Waals surface area contributed by atoms with Gasteiger partial charge >= 0.3 is 29.8 Å². The van der Waals surface area contributed by atoms with Gasteiger partial charge in [-0.25, -0.2) is 14.3 Å². The van der Waals surface area contributed by atoms with Crippen LogP contribution in [0.1, 0.15) is 39.3 Å². The molecule has 0 radical (unpaired) electrons. The Morgan fingerprint density at radius 3 is 2.40 bits per heavy atom. The molecule has 20 heteroatoms. The number of fused-ring (bicyclic) bond motifs is 1. The summed E-state index contributed by atoms with van der Waals surface area (Å²) in [6, 6.07) is 2.10. The topological polar surface area (TPSA) is 226 Å². The number of nitrogens with zero attached hydrogens (tertiary/aromatic N) is 7. The predicted molar refractivity (Wildman–Crippen MR) is 176 cm³/mol. The minimum Gasteiger partial charge on any atom is -0.477 e. The van der Waals surface area contributed by atoms with E-state index in [0.29, 0.717) is 15.6 Å². The molecule has 0 bridgehead atoms. The van der Waals surface area contributed by atoms with Gasteiger partial charge in [0.05, 0.1) is 5.41 Å². The summed E-state index contributed by atoms with van der Waals surface area (Å²) in [5, 5.41) is 26.1. The normalized spacial score (nSPS) is 19.9. The van der Waals surface area contributed by atoms with Gasteiger partial charge in [-0.05, 0) is 61.4 Å². The maximum Gasteiger partial charge on any atom is 0.352 e. The molecule has 0 saturated carbocycles. The number of carbonyl (C=O) groups is 7. The number of likely N-dealkylation sites (N-methyl/N-ethyl adjacent to an activating group) is 1. The van der Waals surface area contributed by atoms with Crippen LogP contribution in [0.25, 0.3) is 0 Å². The average Bonchev–Trinajstić information content (AvgIpc) is 3.49. The number of rotatable bonds is 10. The number of aliphatic carboxylic acids is 1. The van der Waals surface area contributed by atoms with Crippen LogP contribution >= 0.6 is 23.5 Å². The molecular formula is C30H35N9O9S2. The monoisotopic (exact) mass is 729 g/mol. The van der Waals surface area contributed by atoms with Crippen LogP contribution < -0.4 is 15.4 Å². The van der Waals surface area contributed by atoms with Crippen LogP contribution in [0.15, 0.2) is 40.7 Å². The molecule has 0 aliphatic carbocycles. The fourth-order valence-corrected chi connectivity index (χ4v) is 7.52. The number of esters is 1. The Hall–Kier alpha value is -4.98. The number of aromatic nitrogens is 4. The van der Waals surface area contributed by atoms with E-state index in [0.717, 1.165) is 4.90 Å². The molecule has 266 valence electrons. The summed E-state index contributed by atoms with van der Waals surface area (Å²) < 4.78 is 6.84. The third-order valence-electron chi connectivity index (χ3n) is 8.01. The molecular weight excluding hydrogens is 695 g/mol. The number of tetrazole rings is 1. The summed E-state index contributed by atoms with van der Waals surface area (Å²) in [7, 11) is 1.64. The van der Waals surface area contributed by atoms with Crippen molar-refractivity contribution in [3.63, 3.8) is 0 Å². The summed E-state index contributed by atoms with van der Waals surface area (Å²) in [6.45, 7) is 7.04. The number of urea groups is 1. The van der Waals surface area contributed by atoms with Crippen LogP contribution in [0, 0.1) is 5.41 Å². The van der Waals surface area contributed by atoms with Gasteiger partial charge < -0.3 is 25.4 Å². The van der Waals surface area contributed by atoms with Crippen molar-refractivity contribution in [3.05, 3.63) is 41.1 Å². The van der Waals surface area contributed by atoms with Gasteiger partial charge in [0.15, 0.2) is 0 Å². The van der Waals surface area contributed by atoms with Crippen LogP contribution in [0.4, 0.5) is 4.79 Å². The molecule has 3 aliphatic heterocycles. The number of carboxylic acid groups (broad SMARTS) is 1. The molecule has 3 aliphatic rings. The Bertz CT molecular complexity index is 1770. The van der Waals surface area contributed by atoms with E-state index in [1.54, 1.807) is 34.7 Å². The summed E-state index contributed by atoms with van der Waals surface area (Å²) in [4.78, 5) is 93.6. The van der Waals surface area contributed by atoms with E-state index in [9.17, 15) is 38.7 Å². The highest BCUT2D eigenvalue weighted by molar-refractivity contribution is 8.01. The number of hydrogen-bond acceptors (Lipinski definition) is 13. The number of imide groups is 1. The lowest BCUT2D eigenvalue weighted by atomic mass is 9.97. The molecule has 3 N–H and O–H groups in total. The molecule has 2 fully saturated rings. The van der Waals surface area contributed by atoms with E-state index < -0.39 is 64.5 Å². The van der Waals surface area contributed by atoms with Crippen LogP contribution in [0.3, 0.4) is 0 Å². The van der Waals surface area contributed by atoms with Gasteiger partial charge in [0.25, 0.3) is 5.91 Å². The number of hydrogen-bond donors (Lipinski definition) is 3. The number of carbonyl (C=O) groups excluding carboxylic acids is 6. The SMILES string of the molecule is CCN1CCN(C(=O)NC(C(=O)N[C@@H]2C(=O)N3C(C(=O)O)=C(CSc4nnnn4C)CS[C@H]23)c2ccc(OC(=O)C(C)(C)C)cc2)C(=O)C1=O. The Morgan fingerprint density at radius 2 is 1.80 bits per heavy atom. The molecule has 4 heterocycles. The van der Waals surface area contributed by atoms with Crippen molar-refractivity contribution in [3.8, 4) is 5.75 Å². The lowest BCUT2D eigenvalue weighted by Gasteiger charge is -2.49. The smallest absolute Gasteiger partial charge is 0.352 e. The minimum atomic E-state index is -1.47. The standard InChI is InChI=1S/C30H35N9O9S2/c1-6-37-11-12-38(24(43)23(37)42)28(47)32-18(15-7-9-17(10-8-15)48-27(46)30(2,3)4)21(40)31-19-22(41)39-20(26(44)45)16(13-49-25(19)39)14-50-29-33-34-35-36(29)5/h7-10,18-19,25H,6,11-14H2,1-5H3,(H,31,40)(H,32,47)(H,44,45)/t18?,19-,25-/m1/s1. The fraction of sp³-hybridized carbons (Fsp3) is 0.467. The molecule has 3 atom stereocenters. The first-order valence-electron chi connectivity index (χ1n) is 15.4. The average molecular weight is 730 g/mol. The Balaban J connectivity index is 1.35. The first kappa shape index (κ1) is 36.3. The van der Waals surface area contributed by atoms with Crippen LogP contribution in [-0.4, -0.2) is 124 Å². The lowest BCUT2D eigenvalue weighted by molar-refractivity contribution is -0.153. The van der Waals surface area contributed by atoms with Gasteiger partial charge in [-0.3, -0.25) is 33.8 Å².